The molecule has 1 N–H and O–H groups in total. The van der Waals surface area contributed by atoms with Crippen LogP contribution in [0.15, 0.2) is 18.2 Å². The zero-order valence-corrected chi connectivity index (χ0v) is 11.4. The van der Waals surface area contributed by atoms with Gasteiger partial charge in [0.25, 0.3) is 0 Å². The Morgan fingerprint density at radius 2 is 1.78 bits per heavy atom. The van der Waals surface area contributed by atoms with Crippen LogP contribution in [0.25, 0.3) is 0 Å². The van der Waals surface area contributed by atoms with Gasteiger partial charge in [-0.05, 0) is 73.6 Å². The molecule has 3 aliphatic rings. The molecule has 1 atom stereocenters. The fourth-order valence-corrected chi connectivity index (χ4v) is 3.75. The van der Waals surface area contributed by atoms with Gasteiger partial charge in [0.1, 0.15) is 0 Å². The topological polar surface area (TPSA) is 12.0 Å². The molecule has 18 heavy (non-hydrogen) atoms. The van der Waals surface area contributed by atoms with Gasteiger partial charge in [-0.1, -0.05) is 17.7 Å². The quantitative estimate of drug-likeness (QED) is 0.860. The average Bonchev–Trinajstić information content (AvgIpc) is 3.24. The lowest BCUT2D eigenvalue weighted by Crippen LogP contribution is -2.35. The Kier molecular flexibility index (Phi) is 2.67. The van der Waals surface area contributed by atoms with Gasteiger partial charge in [0.2, 0.25) is 0 Å². The van der Waals surface area contributed by atoms with Gasteiger partial charge in [-0.3, -0.25) is 0 Å². The fraction of sp³-hybridized carbons (Fsp3) is 0.625. The van der Waals surface area contributed by atoms with E-state index in [1.165, 1.54) is 49.7 Å². The molecular formula is C16H20ClN. The van der Waals surface area contributed by atoms with E-state index in [1.54, 1.807) is 0 Å². The third-order valence-electron chi connectivity index (χ3n) is 4.84. The van der Waals surface area contributed by atoms with Crippen molar-refractivity contribution in [2.24, 2.45) is 11.8 Å². The molecule has 0 bridgehead atoms. The van der Waals surface area contributed by atoms with Gasteiger partial charge in [0.15, 0.2) is 0 Å². The number of aryl methyl sites for hydroxylation is 1. The van der Waals surface area contributed by atoms with Crippen molar-refractivity contribution in [1.82, 2.24) is 5.32 Å². The molecule has 4 rings (SSSR count). The molecule has 2 fully saturated rings. The highest BCUT2D eigenvalue weighted by Crippen LogP contribution is 2.46. The van der Waals surface area contributed by atoms with Crippen molar-refractivity contribution in [3.63, 3.8) is 0 Å². The zero-order chi connectivity index (χ0) is 12.1. The van der Waals surface area contributed by atoms with E-state index in [-0.39, 0.29) is 0 Å². The van der Waals surface area contributed by atoms with Crippen LogP contribution in [0.2, 0.25) is 5.02 Å². The maximum Gasteiger partial charge on any atom is 0.0408 e. The Labute approximate surface area is 114 Å². The molecule has 96 valence electrons. The molecule has 0 radical (unpaired) electrons. The number of rotatable bonds is 4. The summed E-state index contributed by atoms with van der Waals surface area (Å²) in [4.78, 5) is 0. The smallest absolute Gasteiger partial charge is 0.0408 e. The summed E-state index contributed by atoms with van der Waals surface area (Å²) < 4.78 is 0. The third kappa shape index (κ3) is 2.08. The Morgan fingerprint density at radius 3 is 2.44 bits per heavy atom. The highest BCUT2D eigenvalue weighted by molar-refractivity contribution is 6.30. The lowest BCUT2D eigenvalue weighted by Gasteiger charge is -2.23. The number of hydrogen-bond acceptors (Lipinski definition) is 1. The van der Waals surface area contributed by atoms with E-state index in [0.717, 1.165) is 22.9 Å². The molecule has 1 aromatic rings. The Balaban J connectivity index is 1.53. The summed E-state index contributed by atoms with van der Waals surface area (Å²) in [5, 5.41) is 4.86. The molecule has 1 nitrogen and oxygen atoms in total. The predicted molar refractivity (Wildman–Crippen MR) is 74.9 cm³/mol. The van der Waals surface area contributed by atoms with Gasteiger partial charge in [-0.25, -0.2) is 0 Å². The first-order valence-electron chi connectivity index (χ1n) is 7.35. The third-order valence-corrected chi connectivity index (χ3v) is 5.07. The SMILES string of the molecule is Clc1ccc2c(c1)CCC2NC(C1CC1)C1CC1. The van der Waals surface area contributed by atoms with Crippen molar-refractivity contribution in [2.45, 2.75) is 50.6 Å². The number of halogens is 1. The molecule has 0 aromatic heterocycles. The standard InChI is InChI=1S/C16H20ClN/c17-13-6-7-14-12(9-13)5-8-15(14)18-16(10-1-2-10)11-3-4-11/h6-7,9-11,15-16,18H,1-5,8H2. The van der Waals surface area contributed by atoms with E-state index in [2.05, 4.69) is 17.4 Å². The lowest BCUT2D eigenvalue weighted by atomic mass is 10.0. The van der Waals surface area contributed by atoms with Crippen molar-refractivity contribution in [3.8, 4) is 0 Å². The molecule has 0 amide bonds. The molecular weight excluding hydrogens is 242 g/mol. The molecule has 2 heteroatoms. The highest BCUT2D eigenvalue weighted by Gasteiger charge is 2.42. The largest absolute Gasteiger partial charge is 0.307 e. The van der Waals surface area contributed by atoms with Crippen LogP contribution in [-0.2, 0) is 6.42 Å². The highest BCUT2D eigenvalue weighted by atomic mass is 35.5. The minimum Gasteiger partial charge on any atom is -0.307 e. The molecule has 0 heterocycles. The minimum absolute atomic E-state index is 0.587. The second kappa shape index (κ2) is 4.25. The van der Waals surface area contributed by atoms with E-state index in [9.17, 15) is 0 Å². The second-order valence-electron chi connectivity index (χ2n) is 6.30. The maximum atomic E-state index is 6.08. The van der Waals surface area contributed by atoms with Gasteiger partial charge < -0.3 is 5.32 Å². The van der Waals surface area contributed by atoms with E-state index in [1.807, 2.05) is 6.07 Å². The molecule has 1 unspecified atom stereocenters. The van der Waals surface area contributed by atoms with Crippen molar-refractivity contribution in [2.75, 3.05) is 0 Å². The molecule has 0 aliphatic heterocycles. The van der Waals surface area contributed by atoms with Gasteiger partial charge in [-0.15, -0.1) is 0 Å². The number of benzene rings is 1. The summed E-state index contributed by atoms with van der Waals surface area (Å²) in [6.45, 7) is 0. The average molecular weight is 262 g/mol. The monoisotopic (exact) mass is 261 g/mol. The van der Waals surface area contributed by atoms with Crippen LogP contribution < -0.4 is 5.32 Å². The van der Waals surface area contributed by atoms with Crippen molar-refractivity contribution >= 4 is 11.6 Å². The van der Waals surface area contributed by atoms with Crippen molar-refractivity contribution < 1.29 is 0 Å². The lowest BCUT2D eigenvalue weighted by molar-refractivity contribution is 0.364. The molecule has 0 saturated heterocycles. The van der Waals surface area contributed by atoms with Crippen LogP contribution >= 0.6 is 11.6 Å². The van der Waals surface area contributed by atoms with Gasteiger partial charge in [0.05, 0.1) is 0 Å². The van der Waals surface area contributed by atoms with Crippen LogP contribution in [0.4, 0.5) is 0 Å². The van der Waals surface area contributed by atoms with E-state index in [0.29, 0.717) is 6.04 Å². The number of nitrogens with one attached hydrogen (secondary N) is 1. The summed E-state index contributed by atoms with van der Waals surface area (Å²) in [7, 11) is 0. The molecule has 3 aliphatic carbocycles. The Bertz CT molecular complexity index is 450. The first kappa shape index (κ1) is 11.3. The van der Waals surface area contributed by atoms with Gasteiger partial charge in [0, 0.05) is 17.1 Å². The van der Waals surface area contributed by atoms with Crippen molar-refractivity contribution in [1.29, 1.82) is 0 Å². The summed E-state index contributed by atoms with van der Waals surface area (Å²) in [5.74, 6) is 1.96. The summed E-state index contributed by atoms with van der Waals surface area (Å²) in [6.07, 6.45) is 8.26. The number of hydrogen-bond donors (Lipinski definition) is 1. The first-order chi connectivity index (χ1) is 8.81. The molecule has 1 aromatic carbocycles. The van der Waals surface area contributed by atoms with E-state index < -0.39 is 0 Å². The van der Waals surface area contributed by atoms with Crippen LogP contribution in [0.1, 0.15) is 49.3 Å². The molecule has 0 spiro atoms. The van der Waals surface area contributed by atoms with Crippen LogP contribution in [0, 0.1) is 11.8 Å². The van der Waals surface area contributed by atoms with Crippen molar-refractivity contribution in [3.05, 3.63) is 34.3 Å². The van der Waals surface area contributed by atoms with Crippen LogP contribution in [0.3, 0.4) is 0 Å². The Hall–Kier alpha value is -0.530. The maximum absolute atomic E-state index is 6.08. The van der Waals surface area contributed by atoms with Crippen LogP contribution in [-0.4, -0.2) is 6.04 Å². The van der Waals surface area contributed by atoms with Crippen LogP contribution in [0.5, 0.6) is 0 Å². The first-order valence-corrected chi connectivity index (χ1v) is 7.73. The summed E-state index contributed by atoms with van der Waals surface area (Å²) >= 11 is 6.08. The zero-order valence-electron chi connectivity index (χ0n) is 10.7. The minimum atomic E-state index is 0.587. The predicted octanol–water partition coefficient (Wildman–Crippen LogP) is 4.11. The normalized spacial score (nSPS) is 26.7. The number of fused-ring (bicyclic) bond motifs is 1. The summed E-state index contributed by atoms with van der Waals surface area (Å²) in [6, 6.07) is 7.82. The van der Waals surface area contributed by atoms with E-state index in [4.69, 9.17) is 11.6 Å². The van der Waals surface area contributed by atoms with Gasteiger partial charge in [-0.2, -0.15) is 0 Å². The summed E-state index contributed by atoms with van der Waals surface area (Å²) in [5.41, 5.74) is 2.97. The van der Waals surface area contributed by atoms with Gasteiger partial charge >= 0.3 is 0 Å². The fourth-order valence-electron chi connectivity index (χ4n) is 3.56. The van der Waals surface area contributed by atoms with E-state index >= 15 is 0 Å². The Morgan fingerprint density at radius 1 is 1.06 bits per heavy atom. The second-order valence-corrected chi connectivity index (χ2v) is 6.74. The molecule has 2 saturated carbocycles.